The van der Waals surface area contributed by atoms with Crippen molar-refractivity contribution < 1.29 is 19.4 Å². The van der Waals surface area contributed by atoms with E-state index >= 15 is 0 Å². The van der Waals surface area contributed by atoms with Gasteiger partial charge < -0.3 is 19.6 Å². The van der Waals surface area contributed by atoms with Gasteiger partial charge in [-0.25, -0.2) is 0 Å². The molecule has 0 radical (unpaired) electrons. The number of nitrogens with zero attached hydrogens (tertiary/aromatic N) is 2. The van der Waals surface area contributed by atoms with Crippen molar-refractivity contribution in [1.29, 1.82) is 0 Å². The van der Waals surface area contributed by atoms with Crippen LogP contribution in [-0.4, -0.2) is 60.3 Å². The minimum atomic E-state index is -0.916. The lowest BCUT2D eigenvalue weighted by Crippen LogP contribution is -2.53. The van der Waals surface area contributed by atoms with E-state index in [0.29, 0.717) is 31.2 Å². The molecule has 6 nitrogen and oxygen atoms in total. The van der Waals surface area contributed by atoms with Crippen LogP contribution in [0.5, 0.6) is 0 Å². The third-order valence-electron chi connectivity index (χ3n) is 5.63. The number of amides is 1. The van der Waals surface area contributed by atoms with Crippen LogP contribution in [0.15, 0.2) is 24.3 Å². The number of hydrogen-bond acceptors (Lipinski definition) is 4. The van der Waals surface area contributed by atoms with E-state index in [0.717, 1.165) is 18.5 Å². The molecule has 134 valence electrons. The van der Waals surface area contributed by atoms with E-state index in [1.807, 2.05) is 24.3 Å². The number of carboxylic acid groups (broad SMARTS) is 1. The summed E-state index contributed by atoms with van der Waals surface area (Å²) in [6, 6.07) is 7.68. The molecule has 0 unspecified atom stereocenters. The second kappa shape index (κ2) is 6.50. The van der Waals surface area contributed by atoms with E-state index in [9.17, 15) is 14.7 Å². The zero-order valence-electron chi connectivity index (χ0n) is 13.8. The molecule has 3 fully saturated rings. The van der Waals surface area contributed by atoms with E-state index in [-0.39, 0.29) is 18.1 Å². The Balaban J connectivity index is 1.43. The Kier molecular flexibility index (Phi) is 4.33. The number of carboxylic acids is 1. The van der Waals surface area contributed by atoms with Gasteiger partial charge in [-0.05, 0) is 25.0 Å². The first-order valence-electron chi connectivity index (χ1n) is 8.73. The van der Waals surface area contributed by atoms with Crippen molar-refractivity contribution in [3.8, 4) is 0 Å². The second-order valence-electron chi connectivity index (χ2n) is 6.94. The fourth-order valence-electron chi connectivity index (χ4n) is 4.39. The number of para-hydroxylation sites is 1. The molecule has 2 bridgehead atoms. The lowest BCUT2D eigenvalue weighted by molar-refractivity contribution is -0.151. The fraction of sp³-hybridized carbons (Fsp3) is 0.556. The highest BCUT2D eigenvalue weighted by molar-refractivity contribution is 6.33. The first kappa shape index (κ1) is 16.7. The molecule has 1 N–H and O–H groups in total. The van der Waals surface area contributed by atoms with Crippen LogP contribution in [-0.2, 0) is 14.3 Å². The predicted octanol–water partition coefficient (Wildman–Crippen LogP) is 1.87. The number of ether oxygens (including phenoxy) is 1. The summed E-state index contributed by atoms with van der Waals surface area (Å²) >= 11 is 6.25. The summed E-state index contributed by atoms with van der Waals surface area (Å²) < 4.78 is 5.72. The summed E-state index contributed by atoms with van der Waals surface area (Å²) in [7, 11) is 0. The normalized spacial score (nSPS) is 31.4. The van der Waals surface area contributed by atoms with Crippen molar-refractivity contribution in [2.75, 3.05) is 31.1 Å². The molecule has 0 aliphatic carbocycles. The van der Waals surface area contributed by atoms with E-state index in [1.165, 1.54) is 0 Å². The SMILES string of the molecule is O=C(O)[C@H]1[C@@H](C(=O)N2CCN(c3ccccc3Cl)CC2)[C@H]2CC[C@@H]1O2. The first-order chi connectivity index (χ1) is 12.1. The molecule has 3 heterocycles. The number of halogens is 1. The maximum absolute atomic E-state index is 13.0. The van der Waals surface area contributed by atoms with Gasteiger partial charge in [-0.15, -0.1) is 0 Å². The Morgan fingerprint density at radius 1 is 1.04 bits per heavy atom. The molecular weight excluding hydrogens is 344 g/mol. The fourth-order valence-corrected chi connectivity index (χ4v) is 4.65. The predicted molar refractivity (Wildman–Crippen MR) is 92.8 cm³/mol. The van der Waals surface area contributed by atoms with Crippen LogP contribution in [0, 0.1) is 11.8 Å². The van der Waals surface area contributed by atoms with E-state index < -0.39 is 17.8 Å². The third kappa shape index (κ3) is 2.87. The molecule has 3 aliphatic heterocycles. The largest absolute Gasteiger partial charge is 0.481 e. The van der Waals surface area contributed by atoms with Crippen molar-refractivity contribution in [2.24, 2.45) is 11.8 Å². The van der Waals surface area contributed by atoms with Gasteiger partial charge >= 0.3 is 5.97 Å². The van der Waals surface area contributed by atoms with Gasteiger partial charge in [0, 0.05) is 26.2 Å². The lowest BCUT2D eigenvalue weighted by Gasteiger charge is -2.38. The second-order valence-corrected chi connectivity index (χ2v) is 7.35. The maximum Gasteiger partial charge on any atom is 0.310 e. The quantitative estimate of drug-likeness (QED) is 0.886. The van der Waals surface area contributed by atoms with Crippen LogP contribution in [0.25, 0.3) is 0 Å². The molecule has 25 heavy (non-hydrogen) atoms. The molecule has 4 rings (SSSR count). The summed E-state index contributed by atoms with van der Waals surface area (Å²) in [5.41, 5.74) is 0.975. The van der Waals surface area contributed by atoms with Gasteiger partial charge in [0.2, 0.25) is 5.91 Å². The number of aliphatic carboxylic acids is 1. The van der Waals surface area contributed by atoms with Crippen LogP contribution in [0.2, 0.25) is 5.02 Å². The lowest BCUT2D eigenvalue weighted by atomic mass is 9.78. The summed E-state index contributed by atoms with van der Waals surface area (Å²) in [6.07, 6.45) is 0.983. The average molecular weight is 365 g/mol. The minimum absolute atomic E-state index is 0.0709. The van der Waals surface area contributed by atoms with Crippen LogP contribution in [0.1, 0.15) is 12.8 Å². The molecule has 1 aromatic carbocycles. The average Bonchev–Trinajstić information content (AvgIpc) is 3.23. The van der Waals surface area contributed by atoms with Crippen molar-refractivity contribution in [3.05, 3.63) is 29.3 Å². The van der Waals surface area contributed by atoms with Gasteiger partial charge in [-0.3, -0.25) is 9.59 Å². The van der Waals surface area contributed by atoms with Crippen molar-refractivity contribution in [2.45, 2.75) is 25.0 Å². The number of fused-ring (bicyclic) bond motifs is 2. The van der Waals surface area contributed by atoms with Gasteiger partial charge in [0.1, 0.15) is 0 Å². The number of carbonyl (C=O) groups is 2. The standard InChI is InChI=1S/C18H21ClN2O4/c19-11-3-1-2-4-12(11)20-7-9-21(10-8-20)17(22)15-13-5-6-14(25-13)16(15)18(23)24/h1-4,13-16H,5-10H2,(H,23,24)/t13-,14+,15+,16-/m1/s1. The van der Waals surface area contributed by atoms with Crippen LogP contribution in [0.3, 0.4) is 0 Å². The summed E-state index contributed by atoms with van der Waals surface area (Å²) in [5, 5.41) is 10.2. The van der Waals surface area contributed by atoms with Gasteiger partial charge in [0.15, 0.2) is 0 Å². The number of carbonyl (C=O) groups excluding carboxylic acids is 1. The number of rotatable bonds is 3. The van der Waals surface area contributed by atoms with Crippen molar-refractivity contribution >= 4 is 29.2 Å². The van der Waals surface area contributed by atoms with Crippen molar-refractivity contribution in [3.63, 3.8) is 0 Å². The van der Waals surface area contributed by atoms with E-state index in [4.69, 9.17) is 16.3 Å². The van der Waals surface area contributed by atoms with Gasteiger partial charge in [-0.2, -0.15) is 0 Å². The Morgan fingerprint density at radius 2 is 1.68 bits per heavy atom. The Labute approximate surface area is 151 Å². The van der Waals surface area contributed by atoms with E-state index in [1.54, 1.807) is 4.90 Å². The topological polar surface area (TPSA) is 70.1 Å². The molecule has 7 heteroatoms. The number of piperazine rings is 1. The molecular formula is C18H21ClN2O4. The summed E-state index contributed by atoms with van der Waals surface area (Å²) in [4.78, 5) is 28.5. The molecule has 4 atom stereocenters. The summed E-state index contributed by atoms with van der Waals surface area (Å²) in [6.45, 7) is 2.53. The number of anilines is 1. The molecule has 3 saturated heterocycles. The third-order valence-corrected chi connectivity index (χ3v) is 5.95. The zero-order valence-corrected chi connectivity index (χ0v) is 14.6. The van der Waals surface area contributed by atoms with Gasteiger partial charge in [0.25, 0.3) is 0 Å². The molecule has 1 aromatic rings. The first-order valence-corrected chi connectivity index (χ1v) is 9.10. The van der Waals surface area contributed by atoms with Crippen LogP contribution < -0.4 is 4.90 Å². The highest BCUT2D eigenvalue weighted by Gasteiger charge is 2.56. The Hall–Kier alpha value is -1.79. The molecule has 0 saturated carbocycles. The Bertz CT molecular complexity index is 689. The smallest absolute Gasteiger partial charge is 0.310 e. The highest BCUT2D eigenvalue weighted by Crippen LogP contribution is 2.44. The molecule has 0 spiro atoms. The van der Waals surface area contributed by atoms with Gasteiger partial charge in [-0.1, -0.05) is 23.7 Å². The van der Waals surface area contributed by atoms with Gasteiger partial charge in [0.05, 0.1) is 34.8 Å². The minimum Gasteiger partial charge on any atom is -0.481 e. The van der Waals surface area contributed by atoms with Crippen molar-refractivity contribution in [1.82, 2.24) is 4.90 Å². The zero-order chi connectivity index (χ0) is 17.6. The molecule has 1 amide bonds. The summed E-state index contributed by atoms with van der Waals surface area (Å²) in [5.74, 6) is -2.23. The van der Waals surface area contributed by atoms with E-state index in [2.05, 4.69) is 4.90 Å². The Morgan fingerprint density at radius 3 is 2.32 bits per heavy atom. The molecule has 0 aromatic heterocycles. The van der Waals surface area contributed by atoms with Crippen LogP contribution in [0.4, 0.5) is 5.69 Å². The maximum atomic E-state index is 13.0. The molecule has 3 aliphatic rings. The number of benzene rings is 1. The number of hydrogen-bond donors (Lipinski definition) is 1. The monoisotopic (exact) mass is 364 g/mol. The highest BCUT2D eigenvalue weighted by atomic mass is 35.5. The van der Waals surface area contributed by atoms with Crippen LogP contribution >= 0.6 is 11.6 Å².